The third-order valence-corrected chi connectivity index (χ3v) is 3.96. The molecule has 0 spiro atoms. The first-order chi connectivity index (χ1) is 13.5. The molecule has 0 aliphatic carbocycles. The Kier molecular flexibility index (Phi) is 5.61. The van der Waals surface area contributed by atoms with Crippen LogP contribution in [0.1, 0.15) is 23.9 Å². The second-order valence-corrected chi connectivity index (χ2v) is 6.17. The van der Waals surface area contributed by atoms with E-state index in [1.807, 2.05) is 32.0 Å². The standard InChI is InChI=1S/C21H20N4O3/c1-3-27-19-10-14(5-7-18(19)28-12-20(23)26)9-15(11-22)21-24-16-6-4-13(2)8-17(16)25-21/h4-10H,3,12H2,1-2H3,(H2,23,26)(H,24,25). The van der Waals surface area contributed by atoms with Crippen molar-refractivity contribution in [2.75, 3.05) is 13.2 Å². The maximum Gasteiger partial charge on any atom is 0.255 e. The summed E-state index contributed by atoms with van der Waals surface area (Å²) in [5.74, 6) is 0.805. The van der Waals surface area contributed by atoms with Crippen molar-refractivity contribution in [2.45, 2.75) is 13.8 Å². The smallest absolute Gasteiger partial charge is 0.255 e. The van der Waals surface area contributed by atoms with Gasteiger partial charge in [0.25, 0.3) is 5.91 Å². The van der Waals surface area contributed by atoms with Crippen LogP contribution in [0.2, 0.25) is 0 Å². The summed E-state index contributed by atoms with van der Waals surface area (Å²) in [6.45, 7) is 4.03. The fourth-order valence-corrected chi connectivity index (χ4v) is 2.72. The number of allylic oxidation sites excluding steroid dienone is 1. The van der Waals surface area contributed by atoms with Crippen LogP contribution in [0.5, 0.6) is 11.5 Å². The average molecular weight is 376 g/mol. The number of ether oxygens (including phenoxy) is 2. The van der Waals surface area contributed by atoms with Gasteiger partial charge in [0.2, 0.25) is 0 Å². The minimum atomic E-state index is -0.571. The van der Waals surface area contributed by atoms with Gasteiger partial charge in [-0.1, -0.05) is 12.1 Å². The number of benzene rings is 2. The quantitative estimate of drug-likeness (QED) is 0.615. The molecule has 142 valence electrons. The minimum absolute atomic E-state index is 0.239. The number of nitriles is 1. The third-order valence-electron chi connectivity index (χ3n) is 3.96. The number of hydrogen-bond acceptors (Lipinski definition) is 5. The molecule has 1 aromatic heterocycles. The van der Waals surface area contributed by atoms with E-state index in [0.29, 0.717) is 29.5 Å². The van der Waals surface area contributed by atoms with Gasteiger partial charge in [0.05, 0.1) is 23.2 Å². The van der Waals surface area contributed by atoms with Gasteiger partial charge in [-0.05, 0) is 55.3 Å². The van der Waals surface area contributed by atoms with Crippen molar-refractivity contribution >= 4 is 28.6 Å². The number of nitrogens with one attached hydrogen (secondary N) is 1. The van der Waals surface area contributed by atoms with Crippen LogP contribution < -0.4 is 15.2 Å². The van der Waals surface area contributed by atoms with E-state index in [9.17, 15) is 10.1 Å². The van der Waals surface area contributed by atoms with Gasteiger partial charge in [0.1, 0.15) is 11.9 Å². The Hall–Kier alpha value is -3.79. The average Bonchev–Trinajstić information content (AvgIpc) is 3.08. The van der Waals surface area contributed by atoms with Crippen molar-refractivity contribution < 1.29 is 14.3 Å². The first-order valence-electron chi connectivity index (χ1n) is 8.76. The lowest BCUT2D eigenvalue weighted by molar-refractivity contribution is -0.119. The number of imidazole rings is 1. The number of fused-ring (bicyclic) bond motifs is 1. The Bertz CT molecular complexity index is 1090. The highest BCUT2D eigenvalue weighted by Crippen LogP contribution is 2.30. The van der Waals surface area contributed by atoms with Crippen molar-refractivity contribution in [1.82, 2.24) is 9.97 Å². The molecule has 2 aromatic carbocycles. The van der Waals surface area contributed by atoms with Gasteiger partial charge in [-0.25, -0.2) is 4.98 Å². The van der Waals surface area contributed by atoms with E-state index in [4.69, 9.17) is 15.2 Å². The number of carbonyl (C=O) groups is 1. The van der Waals surface area contributed by atoms with Crippen LogP contribution in [-0.2, 0) is 4.79 Å². The zero-order valence-corrected chi connectivity index (χ0v) is 15.7. The maximum absolute atomic E-state index is 10.9. The lowest BCUT2D eigenvalue weighted by Crippen LogP contribution is -2.20. The van der Waals surface area contributed by atoms with Gasteiger partial charge in [-0.3, -0.25) is 4.79 Å². The van der Waals surface area contributed by atoms with Gasteiger partial charge in [-0.15, -0.1) is 0 Å². The summed E-state index contributed by atoms with van der Waals surface area (Å²) in [5, 5.41) is 9.61. The normalized spacial score (nSPS) is 11.2. The summed E-state index contributed by atoms with van der Waals surface area (Å²) in [5.41, 5.74) is 9.04. The summed E-state index contributed by atoms with van der Waals surface area (Å²) in [4.78, 5) is 18.6. The highest BCUT2D eigenvalue weighted by Gasteiger charge is 2.11. The van der Waals surface area contributed by atoms with Crippen LogP contribution in [-0.4, -0.2) is 29.1 Å². The Morgan fingerprint density at radius 1 is 1.25 bits per heavy atom. The van der Waals surface area contributed by atoms with Crippen molar-refractivity contribution in [3.63, 3.8) is 0 Å². The molecule has 7 nitrogen and oxygen atoms in total. The van der Waals surface area contributed by atoms with Crippen LogP contribution in [0.4, 0.5) is 0 Å². The number of aromatic nitrogens is 2. The monoisotopic (exact) mass is 376 g/mol. The lowest BCUT2D eigenvalue weighted by Gasteiger charge is -2.11. The molecular weight excluding hydrogens is 356 g/mol. The summed E-state index contributed by atoms with van der Waals surface area (Å²) >= 11 is 0. The second kappa shape index (κ2) is 8.27. The molecule has 0 aliphatic rings. The number of amides is 1. The van der Waals surface area contributed by atoms with E-state index in [1.54, 1.807) is 24.3 Å². The molecule has 3 aromatic rings. The SMILES string of the molecule is CCOc1cc(C=C(C#N)c2nc3ccc(C)cc3[nH]2)ccc1OCC(N)=O. The first kappa shape index (κ1) is 19.0. The molecule has 3 N–H and O–H groups in total. The Balaban J connectivity index is 1.95. The van der Waals surface area contributed by atoms with Crippen LogP contribution in [0, 0.1) is 18.3 Å². The molecule has 0 aliphatic heterocycles. The predicted molar refractivity (Wildman–Crippen MR) is 107 cm³/mol. The van der Waals surface area contributed by atoms with Gasteiger partial charge in [0.15, 0.2) is 18.1 Å². The summed E-state index contributed by atoms with van der Waals surface area (Å²) in [6, 6.07) is 13.2. The molecule has 0 radical (unpaired) electrons. The van der Waals surface area contributed by atoms with Crippen LogP contribution in [0.15, 0.2) is 36.4 Å². The summed E-state index contributed by atoms with van der Waals surface area (Å²) in [7, 11) is 0. The van der Waals surface area contributed by atoms with Gasteiger partial charge >= 0.3 is 0 Å². The third kappa shape index (κ3) is 4.30. The molecule has 0 bridgehead atoms. The van der Waals surface area contributed by atoms with E-state index < -0.39 is 5.91 Å². The Labute approximate surface area is 162 Å². The van der Waals surface area contributed by atoms with Crippen molar-refractivity contribution in [2.24, 2.45) is 5.73 Å². The van der Waals surface area contributed by atoms with Crippen molar-refractivity contribution in [3.05, 3.63) is 53.3 Å². The molecule has 7 heteroatoms. The van der Waals surface area contributed by atoms with Crippen LogP contribution >= 0.6 is 0 Å². The molecular formula is C21H20N4O3. The number of primary amides is 1. The van der Waals surface area contributed by atoms with E-state index in [0.717, 1.165) is 22.2 Å². The molecule has 0 unspecified atom stereocenters. The number of aromatic amines is 1. The Morgan fingerprint density at radius 2 is 2.07 bits per heavy atom. The van der Waals surface area contributed by atoms with Gasteiger partial charge in [-0.2, -0.15) is 5.26 Å². The number of H-pyrrole nitrogens is 1. The number of nitrogens with two attached hydrogens (primary N) is 1. The van der Waals surface area contributed by atoms with Gasteiger partial charge < -0.3 is 20.2 Å². The second-order valence-electron chi connectivity index (χ2n) is 6.17. The van der Waals surface area contributed by atoms with E-state index in [1.165, 1.54) is 0 Å². The lowest BCUT2D eigenvalue weighted by atomic mass is 10.1. The molecule has 28 heavy (non-hydrogen) atoms. The molecule has 1 amide bonds. The topological polar surface area (TPSA) is 114 Å². The highest BCUT2D eigenvalue weighted by molar-refractivity contribution is 5.90. The number of hydrogen-bond donors (Lipinski definition) is 2. The number of rotatable bonds is 7. The summed E-state index contributed by atoms with van der Waals surface area (Å²) < 4.78 is 10.9. The number of carbonyl (C=O) groups excluding carboxylic acids is 1. The van der Waals surface area contributed by atoms with Crippen LogP contribution in [0.3, 0.4) is 0 Å². The fraction of sp³-hybridized carbons (Fsp3) is 0.190. The van der Waals surface area contributed by atoms with E-state index in [2.05, 4.69) is 16.0 Å². The molecule has 0 saturated heterocycles. The predicted octanol–water partition coefficient (Wildman–Crippen LogP) is 3.20. The van der Waals surface area contributed by atoms with E-state index in [-0.39, 0.29) is 6.61 Å². The molecule has 3 rings (SSSR count). The highest BCUT2D eigenvalue weighted by atomic mass is 16.5. The number of aryl methyl sites for hydroxylation is 1. The van der Waals surface area contributed by atoms with Crippen molar-refractivity contribution in [3.8, 4) is 17.6 Å². The summed E-state index contributed by atoms with van der Waals surface area (Å²) in [6.07, 6.45) is 1.71. The van der Waals surface area contributed by atoms with Crippen LogP contribution in [0.25, 0.3) is 22.7 Å². The fourth-order valence-electron chi connectivity index (χ4n) is 2.72. The van der Waals surface area contributed by atoms with E-state index >= 15 is 0 Å². The molecule has 0 fully saturated rings. The van der Waals surface area contributed by atoms with Crippen molar-refractivity contribution in [1.29, 1.82) is 5.26 Å². The molecule has 1 heterocycles. The Morgan fingerprint density at radius 3 is 2.79 bits per heavy atom. The first-order valence-corrected chi connectivity index (χ1v) is 8.76. The molecule has 0 atom stereocenters. The maximum atomic E-state index is 10.9. The van der Waals surface area contributed by atoms with Gasteiger partial charge in [0, 0.05) is 0 Å². The zero-order chi connectivity index (χ0) is 20.1. The minimum Gasteiger partial charge on any atom is -0.490 e. The zero-order valence-electron chi connectivity index (χ0n) is 15.7. The largest absolute Gasteiger partial charge is 0.490 e. The molecule has 0 saturated carbocycles. The number of nitrogens with zero attached hydrogens (tertiary/aromatic N) is 2.